The SMILES string of the molecule is CC(C)C(C)(c1ccc(OCc2ccccn2)cc1)c1ccc(-c2ccc(C(C)(C)O)nn2)cc1. The van der Waals surface area contributed by atoms with Crippen molar-refractivity contribution in [3.63, 3.8) is 0 Å². The van der Waals surface area contributed by atoms with Gasteiger partial charge in [-0.2, -0.15) is 10.2 Å². The van der Waals surface area contributed by atoms with Gasteiger partial charge in [0, 0.05) is 17.2 Å². The molecule has 0 amide bonds. The van der Waals surface area contributed by atoms with Gasteiger partial charge in [0.25, 0.3) is 0 Å². The van der Waals surface area contributed by atoms with E-state index in [1.54, 1.807) is 20.0 Å². The highest BCUT2D eigenvalue weighted by Crippen LogP contribution is 2.40. The highest BCUT2D eigenvalue weighted by molar-refractivity contribution is 5.60. The van der Waals surface area contributed by atoms with Crippen molar-refractivity contribution in [3.8, 4) is 17.0 Å². The minimum absolute atomic E-state index is 0.172. The van der Waals surface area contributed by atoms with E-state index >= 15 is 0 Å². The van der Waals surface area contributed by atoms with E-state index in [1.165, 1.54) is 11.1 Å². The number of rotatable bonds is 8. The second kappa shape index (κ2) is 9.96. The van der Waals surface area contributed by atoms with Gasteiger partial charge in [0.2, 0.25) is 0 Å². The van der Waals surface area contributed by atoms with Crippen LogP contribution in [0.4, 0.5) is 0 Å². The molecule has 0 aliphatic carbocycles. The summed E-state index contributed by atoms with van der Waals surface area (Å²) in [5.41, 5.74) is 4.53. The van der Waals surface area contributed by atoms with E-state index in [9.17, 15) is 5.11 Å². The topological polar surface area (TPSA) is 68.1 Å². The Bertz CT molecular complexity index is 1230. The van der Waals surface area contributed by atoms with Gasteiger partial charge in [0.05, 0.1) is 17.1 Å². The van der Waals surface area contributed by atoms with Gasteiger partial charge < -0.3 is 9.84 Å². The second-order valence-electron chi connectivity index (χ2n) is 9.93. The summed E-state index contributed by atoms with van der Waals surface area (Å²) in [5, 5.41) is 18.6. The Morgan fingerprint density at radius 2 is 1.46 bits per heavy atom. The maximum absolute atomic E-state index is 10.1. The Labute approximate surface area is 207 Å². The summed E-state index contributed by atoms with van der Waals surface area (Å²) < 4.78 is 5.93. The molecule has 0 fully saturated rings. The van der Waals surface area contributed by atoms with Crippen LogP contribution in [0.5, 0.6) is 5.75 Å². The Kier molecular flexibility index (Phi) is 6.99. The first-order valence-corrected chi connectivity index (χ1v) is 12.0. The summed E-state index contributed by atoms with van der Waals surface area (Å²) in [4.78, 5) is 4.31. The quantitative estimate of drug-likeness (QED) is 0.329. The number of hydrogen-bond donors (Lipinski definition) is 1. The number of benzene rings is 2. The van der Waals surface area contributed by atoms with Crippen LogP contribution >= 0.6 is 0 Å². The number of aromatic nitrogens is 3. The number of hydrogen-bond acceptors (Lipinski definition) is 5. The summed E-state index contributed by atoms with van der Waals surface area (Å²) in [6.45, 7) is 10.6. The molecular formula is C30H33N3O2. The van der Waals surface area contributed by atoms with E-state index in [0.29, 0.717) is 18.2 Å². The number of aliphatic hydroxyl groups is 1. The van der Waals surface area contributed by atoms with Crippen molar-refractivity contribution in [1.82, 2.24) is 15.2 Å². The second-order valence-corrected chi connectivity index (χ2v) is 9.93. The molecule has 2 aromatic heterocycles. The van der Waals surface area contributed by atoms with Gasteiger partial charge in [-0.1, -0.05) is 63.2 Å². The lowest BCUT2D eigenvalue weighted by molar-refractivity contribution is 0.0729. The van der Waals surface area contributed by atoms with Crippen LogP contribution in [0.2, 0.25) is 0 Å². The summed E-state index contributed by atoms with van der Waals surface area (Å²) in [6.07, 6.45) is 1.78. The number of pyridine rings is 1. The van der Waals surface area contributed by atoms with Gasteiger partial charge in [-0.15, -0.1) is 0 Å². The summed E-state index contributed by atoms with van der Waals surface area (Å²) >= 11 is 0. The predicted octanol–water partition coefficient (Wildman–Crippen LogP) is 6.31. The maximum Gasteiger partial charge on any atom is 0.130 e. The lowest BCUT2D eigenvalue weighted by Crippen LogP contribution is -2.30. The third-order valence-electron chi connectivity index (χ3n) is 6.79. The zero-order valence-corrected chi connectivity index (χ0v) is 21.1. The molecule has 2 aromatic carbocycles. The van der Waals surface area contributed by atoms with E-state index in [2.05, 4.69) is 72.4 Å². The minimum Gasteiger partial charge on any atom is -0.487 e. The molecule has 4 rings (SSSR count). The monoisotopic (exact) mass is 467 g/mol. The molecule has 0 bridgehead atoms. The van der Waals surface area contributed by atoms with E-state index in [1.807, 2.05) is 42.5 Å². The van der Waals surface area contributed by atoms with Gasteiger partial charge in [-0.3, -0.25) is 4.98 Å². The maximum atomic E-state index is 10.1. The Balaban J connectivity index is 1.54. The minimum atomic E-state index is -1.01. The van der Waals surface area contributed by atoms with Crippen LogP contribution in [0.3, 0.4) is 0 Å². The van der Waals surface area contributed by atoms with Gasteiger partial charge in [-0.25, -0.2) is 0 Å². The van der Waals surface area contributed by atoms with Crippen molar-refractivity contribution in [2.75, 3.05) is 0 Å². The molecule has 180 valence electrons. The molecule has 0 saturated heterocycles. The summed E-state index contributed by atoms with van der Waals surface area (Å²) in [5.74, 6) is 1.20. The Morgan fingerprint density at radius 1 is 0.800 bits per heavy atom. The van der Waals surface area contributed by atoms with Crippen LogP contribution in [-0.4, -0.2) is 20.3 Å². The fourth-order valence-corrected chi connectivity index (χ4v) is 4.17. The fourth-order valence-electron chi connectivity index (χ4n) is 4.17. The first kappa shape index (κ1) is 24.6. The zero-order valence-electron chi connectivity index (χ0n) is 21.1. The Morgan fingerprint density at radius 3 is 1.97 bits per heavy atom. The van der Waals surface area contributed by atoms with Crippen LogP contribution < -0.4 is 4.74 Å². The van der Waals surface area contributed by atoms with Crippen molar-refractivity contribution in [2.24, 2.45) is 5.92 Å². The van der Waals surface area contributed by atoms with E-state index in [4.69, 9.17) is 4.74 Å². The fraction of sp³-hybridized carbons (Fsp3) is 0.300. The molecule has 0 spiro atoms. The molecule has 0 aliphatic rings. The highest BCUT2D eigenvalue weighted by atomic mass is 16.5. The third kappa shape index (κ3) is 5.41. The molecular weight excluding hydrogens is 434 g/mol. The van der Waals surface area contributed by atoms with Gasteiger partial charge in [0.15, 0.2) is 0 Å². The predicted molar refractivity (Wildman–Crippen MR) is 139 cm³/mol. The van der Waals surface area contributed by atoms with Crippen LogP contribution in [0.1, 0.15) is 57.1 Å². The normalized spacial score (nSPS) is 13.5. The Hall–Kier alpha value is -3.57. The van der Waals surface area contributed by atoms with E-state index in [-0.39, 0.29) is 5.41 Å². The lowest BCUT2D eigenvalue weighted by atomic mass is 9.68. The highest BCUT2D eigenvalue weighted by Gasteiger charge is 2.32. The van der Waals surface area contributed by atoms with Crippen LogP contribution in [0.15, 0.2) is 85.1 Å². The summed E-state index contributed by atoms with van der Waals surface area (Å²) in [7, 11) is 0. The molecule has 1 atom stereocenters. The molecule has 4 aromatic rings. The van der Waals surface area contributed by atoms with Crippen LogP contribution in [0, 0.1) is 5.92 Å². The van der Waals surface area contributed by atoms with Crippen molar-refractivity contribution < 1.29 is 9.84 Å². The molecule has 2 heterocycles. The standard InChI is InChI=1S/C30H33N3O2/c1-21(2)30(5,24-13-15-26(16-14-24)35-20-25-8-6-7-19-31-25)23-11-9-22(10-12-23)27-17-18-28(33-32-27)29(3,4)34/h6-19,21,34H,20H2,1-5H3. The molecule has 35 heavy (non-hydrogen) atoms. The molecule has 0 radical (unpaired) electrons. The molecule has 0 saturated carbocycles. The average molecular weight is 468 g/mol. The van der Waals surface area contributed by atoms with Crippen molar-refractivity contribution >= 4 is 0 Å². The van der Waals surface area contributed by atoms with Gasteiger partial charge >= 0.3 is 0 Å². The molecule has 0 aliphatic heterocycles. The molecule has 5 heteroatoms. The van der Waals surface area contributed by atoms with Crippen molar-refractivity contribution in [2.45, 2.75) is 52.2 Å². The number of ether oxygens (including phenoxy) is 1. The van der Waals surface area contributed by atoms with Gasteiger partial charge in [-0.05, 0) is 67.3 Å². The average Bonchev–Trinajstić information content (AvgIpc) is 2.87. The molecule has 1 N–H and O–H groups in total. The van der Waals surface area contributed by atoms with E-state index < -0.39 is 5.60 Å². The van der Waals surface area contributed by atoms with Gasteiger partial charge in [0.1, 0.15) is 18.0 Å². The summed E-state index contributed by atoms with van der Waals surface area (Å²) in [6, 6.07) is 26.5. The largest absolute Gasteiger partial charge is 0.487 e. The van der Waals surface area contributed by atoms with Crippen molar-refractivity contribution in [3.05, 3.63) is 108 Å². The first-order valence-electron chi connectivity index (χ1n) is 12.0. The molecule has 1 unspecified atom stereocenters. The third-order valence-corrected chi connectivity index (χ3v) is 6.79. The van der Waals surface area contributed by atoms with E-state index in [0.717, 1.165) is 22.7 Å². The first-order chi connectivity index (χ1) is 16.7. The van der Waals surface area contributed by atoms with Crippen molar-refractivity contribution in [1.29, 1.82) is 0 Å². The zero-order chi connectivity index (χ0) is 25.1. The smallest absolute Gasteiger partial charge is 0.130 e. The van der Waals surface area contributed by atoms with Crippen LogP contribution in [0.25, 0.3) is 11.3 Å². The number of nitrogens with zero attached hydrogens (tertiary/aromatic N) is 3. The van der Waals surface area contributed by atoms with Crippen LogP contribution in [-0.2, 0) is 17.6 Å². The lowest BCUT2D eigenvalue weighted by Gasteiger charge is -2.35. The molecule has 5 nitrogen and oxygen atoms in total.